The number of halogens is 1. The molecule has 1 spiro atoms. The van der Waals surface area contributed by atoms with Gasteiger partial charge in [0.2, 0.25) is 5.91 Å². The zero-order valence-electron chi connectivity index (χ0n) is 40.4. The molecule has 3 aromatic carbocycles. The minimum Gasteiger partial charge on any atom is -0.489 e. The molecule has 10 rings (SSSR count). The number of sulfonamides is 1. The third-order valence-electron chi connectivity index (χ3n) is 15.9. The molecule has 0 bridgehead atoms. The number of rotatable bonds is 11. The van der Waals surface area contributed by atoms with Crippen LogP contribution in [0, 0.1) is 27.3 Å². The predicted octanol–water partition coefficient (Wildman–Crippen LogP) is 8.41. The third kappa shape index (κ3) is 9.63. The number of benzene rings is 3. The van der Waals surface area contributed by atoms with E-state index in [0.717, 1.165) is 63.1 Å². The van der Waals surface area contributed by atoms with Gasteiger partial charge in [0.1, 0.15) is 29.6 Å². The third-order valence-corrected chi connectivity index (χ3v) is 17.3. The Hall–Kier alpha value is -6.31. The number of anilines is 2. The lowest BCUT2D eigenvalue weighted by Crippen LogP contribution is -2.60. The van der Waals surface area contributed by atoms with E-state index in [-0.39, 0.29) is 69.8 Å². The van der Waals surface area contributed by atoms with Crippen LogP contribution in [-0.2, 0) is 14.8 Å². The van der Waals surface area contributed by atoms with Crippen molar-refractivity contribution in [3.05, 3.63) is 106 Å². The number of amides is 2. The molecule has 5 aromatic rings. The first-order valence-corrected chi connectivity index (χ1v) is 26.2. The first-order chi connectivity index (χ1) is 33.9. The Labute approximate surface area is 412 Å². The van der Waals surface area contributed by atoms with Crippen molar-refractivity contribution in [2.75, 3.05) is 49.5 Å². The number of nitrogens with zero attached hydrogens (tertiary/aromatic N) is 5. The van der Waals surface area contributed by atoms with Crippen LogP contribution in [0.2, 0.25) is 0 Å². The molecule has 5 heterocycles. The molecule has 2 aromatic heterocycles. The normalized spacial score (nSPS) is 23.7. The smallest absolute Gasteiger partial charge is 0.297 e. The van der Waals surface area contributed by atoms with Crippen molar-refractivity contribution >= 4 is 49.9 Å². The van der Waals surface area contributed by atoms with Gasteiger partial charge in [0, 0.05) is 75.8 Å². The summed E-state index contributed by atoms with van der Waals surface area (Å²) in [7, 11) is -4.74. The summed E-state index contributed by atoms with van der Waals surface area (Å²) in [4.78, 5) is 51.8. The lowest BCUT2D eigenvalue weighted by Gasteiger charge is -2.58. The van der Waals surface area contributed by atoms with Crippen LogP contribution >= 0.6 is 0 Å². The quantitative estimate of drug-likeness (QED) is 0.0724. The van der Waals surface area contributed by atoms with Gasteiger partial charge >= 0.3 is 0 Å². The van der Waals surface area contributed by atoms with Crippen LogP contribution in [0.25, 0.3) is 11.0 Å². The first kappa shape index (κ1) is 48.3. The highest BCUT2D eigenvalue weighted by molar-refractivity contribution is 7.90. The predicted molar refractivity (Wildman–Crippen MR) is 265 cm³/mol. The second kappa shape index (κ2) is 18.7. The minimum atomic E-state index is -4.74. The van der Waals surface area contributed by atoms with Gasteiger partial charge in [0.05, 0.1) is 44.7 Å². The highest BCUT2D eigenvalue weighted by Crippen LogP contribution is 2.53. The van der Waals surface area contributed by atoms with E-state index < -0.39 is 42.9 Å². The maximum absolute atomic E-state index is 14.7. The number of aromatic nitrogens is 2. The molecule has 71 heavy (non-hydrogen) atoms. The van der Waals surface area contributed by atoms with E-state index in [2.05, 4.69) is 67.9 Å². The standard InChI is InChI=1S/C52H61FN8O9S/c1-31(2)38-7-5-6-8-39(38)45-29-59(32(3)62)19-20-60(45)35-25-52(26-35)15-17-58(18-16-52)34-9-10-40(46(21-34)70-36-22-41-42(53)28-55-49(41)54-27-36)50(63)57-71(67,68)37-23-44(61(65)66)48-47(24-37)69-30-43(56-48)33-11-13-51(4,64)14-12-33/h5-10,21-24,27-28,31,33,35,43,45,56,64H,11-20,25-26,29-30H2,1-4H3,(H,54,55)(H,57,63)/t33-,43-,45-,51-/m1/s1. The molecular formula is C52H61FN8O9S. The molecule has 2 amide bonds. The fraction of sp³-hybridized carbons (Fsp3) is 0.481. The summed E-state index contributed by atoms with van der Waals surface area (Å²) >= 11 is 0. The molecule has 17 nitrogen and oxygen atoms in total. The number of hydrogen-bond donors (Lipinski definition) is 4. The Morgan fingerprint density at radius 2 is 1.77 bits per heavy atom. The number of aromatic amines is 1. The number of nitro benzene ring substituents is 1. The number of ether oxygens (including phenoxy) is 2. The molecule has 19 heteroatoms. The van der Waals surface area contributed by atoms with E-state index in [1.54, 1.807) is 26.0 Å². The second-order valence-corrected chi connectivity index (χ2v) is 22.6. The zero-order chi connectivity index (χ0) is 50.0. The van der Waals surface area contributed by atoms with Gasteiger partial charge in [-0.15, -0.1) is 0 Å². The van der Waals surface area contributed by atoms with Gasteiger partial charge in [0.15, 0.2) is 11.4 Å². The molecule has 2 aliphatic carbocycles. The maximum Gasteiger partial charge on any atom is 0.297 e. The molecule has 376 valence electrons. The van der Waals surface area contributed by atoms with Crippen molar-refractivity contribution in [1.82, 2.24) is 24.5 Å². The van der Waals surface area contributed by atoms with Crippen molar-refractivity contribution < 1.29 is 41.9 Å². The molecule has 2 saturated heterocycles. The summed E-state index contributed by atoms with van der Waals surface area (Å²) in [6, 6.07) is 17.2. The number of hydrogen-bond acceptors (Lipinski definition) is 13. The number of H-pyrrole nitrogens is 1. The van der Waals surface area contributed by atoms with E-state index in [1.807, 2.05) is 4.90 Å². The fourth-order valence-corrected chi connectivity index (χ4v) is 12.8. The number of nitrogens with one attached hydrogen (secondary N) is 3. The van der Waals surface area contributed by atoms with Crippen molar-refractivity contribution in [1.29, 1.82) is 0 Å². The highest BCUT2D eigenvalue weighted by Gasteiger charge is 2.50. The number of aliphatic hydroxyl groups is 1. The number of nitro groups is 1. The monoisotopic (exact) mass is 992 g/mol. The van der Waals surface area contributed by atoms with Gasteiger partial charge in [-0.25, -0.2) is 22.5 Å². The Balaban J connectivity index is 0.865. The van der Waals surface area contributed by atoms with E-state index in [4.69, 9.17) is 9.47 Å². The average molecular weight is 993 g/mol. The number of piperidine rings is 1. The van der Waals surface area contributed by atoms with Crippen LogP contribution in [0.5, 0.6) is 17.2 Å². The van der Waals surface area contributed by atoms with Crippen molar-refractivity contribution in [2.24, 2.45) is 11.3 Å². The summed E-state index contributed by atoms with van der Waals surface area (Å²) < 4.78 is 57.0. The van der Waals surface area contributed by atoms with Crippen LogP contribution in [0.15, 0.2) is 78.0 Å². The summed E-state index contributed by atoms with van der Waals surface area (Å²) in [6.45, 7) is 11.6. The van der Waals surface area contributed by atoms with Crippen molar-refractivity contribution in [3.8, 4) is 17.2 Å². The minimum absolute atomic E-state index is 0.00654. The largest absolute Gasteiger partial charge is 0.489 e. The first-order valence-electron chi connectivity index (χ1n) is 24.7. The van der Waals surface area contributed by atoms with Gasteiger partial charge in [-0.2, -0.15) is 0 Å². The van der Waals surface area contributed by atoms with E-state index in [9.17, 15) is 37.6 Å². The topological polar surface area (TPSA) is 213 Å². The number of carbonyl (C=O) groups is 2. The van der Waals surface area contributed by atoms with Crippen LogP contribution in [0.4, 0.5) is 21.5 Å². The number of fused-ring (bicyclic) bond motifs is 2. The van der Waals surface area contributed by atoms with Gasteiger partial charge in [-0.3, -0.25) is 24.6 Å². The molecular weight excluding hydrogens is 932 g/mol. The summed E-state index contributed by atoms with van der Waals surface area (Å²) in [5, 5.41) is 26.2. The maximum atomic E-state index is 14.7. The highest BCUT2D eigenvalue weighted by atomic mass is 32.2. The second-order valence-electron chi connectivity index (χ2n) is 20.9. The van der Waals surface area contributed by atoms with Gasteiger partial charge < -0.3 is 34.7 Å². The number of pyridine rings is 1. The lowest BCUT2D eigenvalue weighted by atomic mass is 9.59. The van der Waals surface area contributed by atoms with E-state index in [1.165, 1.54) is 35.7 Å². The van der Waals surface area contributed by atoms with Crippen molar-refractivity contribution in [2.45, 2.75) is 114 Å². The Kier molecular flexibility index (Phi) is 12.7. The molecule has 4 fully saturated rings. The van der Waals surface area contributed by atoms with Crippen LogP contribution in [0.1, 0.15) is 113 Å². The van der Waals surface area contributed by atoms with Gasteiger partial charge in [-0.1, -0.05) is 38.1 Å². The zero-order valence-corrected chi connectivity index (χ0v) is 41.3. The fourth-order valence-electron chi connectivity index (χ4n) is 11.8. The number of carbonyl (C=O) groups excluding carboxylic acids is 2. The molecule has 0 unspecified atom stereocenters. The average Bonchev–Trinajstić information content (AvgIpc) is 3.71. The van der Waals surface area contributed by atoms with Crippen LogP contribution in [-0.4, -0.2) is 107 Å². The van der Waals surface area contributed by atoms with Crippen molar-refractivity contribution in [3.63, 3.8) is 0 Å². The van der Waals surface area contributed by atoms with Crippen LogP contribution in [0.3, 0.4) is 0 Å². The molecule has 0 radical (unpaired) electrons. The Morgan fingerprint density at radius 1 is 1.03 bits per heavy atom. The molecule has 4 N–H and O–H groups in total. The molecule has 3 aliphatic heterocycles. The van der Waals surface area contributed by atoms with E-state index >= 15 is 0 Å². The van der Waals surface area contributed by atoms with Gasteiger partial charge in [0.25, 0.3) is 21.6 Å². The SMILES string of the molecule is CC(=O)N1CCN(C2CC3(CCN(c4ccc(C(=O)NS(=O)(=O)c5cc6c(c([N+](=O)[O-])c5)N[C@@H]([C@H]5CC[C@](C)(O)CC5)CO6)c(Oc5cnc6[nH]cc(F)c6c5)c4)CC3)C2)[C@@H](c2ccccc2C(C)C)C1. The lowest BCUT2D eigenvalue weighted by molar-refractivity contribution is -0.384. The Bertz CT molecular complexity index is 2990. The van der Waals surface area contributed by atoms with E-state index in [0.29, 0.717) is 56.4 Å². The van der Waals surface area contributed by atoms with Crippen LogP contribution < -0.4 is 24.4 Å². The Morgan fingerprint density at radius 3 is 2.49 bits per heavy atom. The molecule has 2 saturated carbocycles. The summed E-state index contributed by atoms with van der Waals surface area (Å²) in [5.74, 6) is -1.02. The van der Waals surface area contributed by atoms with Gasteiger partial charge in [-0.05, 0) is 105 Å². The summed E-state index contributed by atoms with van der Waals surface area (Å²) in [6.07, 6.45) is 9.05. The molecule has 2 atom stereocenters. The summed E-state index contributed by atoms with van der Waals surface area (Å²) in [5.41, 5.74) is 2.39. The molecule has 5 aliphatic rings. The number of piperazine rings is 1.